The number of nitrogens with zero attached hydrogens (tertiary/aromatic N) is 2. The molecule has 0 aliphatic carbocycles. The fraction of sp³-hybridized carbons (Fsp3) is 0.250. The summed E-state index contributed by atoms with van der Waals surface area (Å²) >= 11 is 0. The van der Waals surface area contributed by atoms with E-state index in [0.29, 0.717) is 41.2 Å². The van der Waals surface area contributed by atoms with Crippen molar-refractivity contribution in [2.45, 2.75) is 18.8 Å². The third kappa shape index (κ3) is 4.72. The summed E-state index contributed by atoms with van der Waals surface area (Å²) in [4.78, 5) is 19.1. The fourth-order valence-electron chi connectivity index (χ4n) is 4.09. The van der Waals surface area contributed by atoms with Crippen LogP contribution in [0.1, 0.15) is 33.1 Å². The van der Waals surface area contributed by atoms with Gasteiger partial charge in [0.05, 0.1) is 25.8 Å². The number of aromatic nitrogens is 1. The molecule has 2 aromatic carbocycles. The number of carbonyl (C=O) groups excluding carboxylic acids is 1. The molecule has 2 heterocycles. The van der Waals surface area contributed by atoms with Gasteiger partial charge < -0.3 is 19.1 Å². The second-order valence-electron chi connectivity index (χ2n) is 7.42. The lowest BCUT2D eigenvalue weighted by atomic mass is 9.86. The van der Waals surface area contributed by atoms with Gasteiger partial charge in [0, 0.05) is 30.6 Å². The van der Waals surface area contributed by atoms with Gasteiger partial charge in [-0.3, -0.25) is 9.78 Å². The summed E-state index contributed by atoms with van der Waals surface area (Å²) < 4.78 is 53.7. The standard InChI is InChI=1S/C24H21F3N2O4/c1-31-19-11-15-8-10-29(23(30)17-6-4-9-28-14-17)22(21(15)20(13-19)32-2)16-5-3-7-18(12-16)33-24(25,26)27/h3-7,9,11-14,22H,8,10H2,1-2H3. The van der Waals surface area contributed by atoms with Gasteiger partial charge in [-0.05, 0) is 47.9 Å². The molecule has 0 radical (unpaired) electrons. The Labute approximate surface area is 188 Å². The maximum Gasteiger partial charge on any atom is 0.573 e. The maximum atomic E-state index is 13.4. The molecule has 0 spiro atoms. The van der Waals surface area contributed by atoms with E-state index in [0.717, 1.165) is 5.56 Å². The number of hydrogen-bond donors (Lipinski definition) is 0. The summed E-state index contributed by atoms with van der Waals surface area (Å²) in [6, 6.07) is 11.8. The van der Waals surface area contributed by atoms with E-state index in [1.165, 1.54) is 38.6 Å². The molecule has 0 N–H and O–H groups in total. The lowest BCUT2D eigenvalue weighted by Crippen LogP contribution is -2.41. The lowest BCUT2D eigenvalue weighted by Gasteiger charge is -2.38. The smallest absolute Gasteiger partial charge is 0.497 e. The van der Waals surface area contributed by atoms with Crippen LogP contribution in [0, 0.1) is 0 Å². The number of halogens is 3. The molecule has 1 aliphatic heterocycles. The monoisotopic (exact) mass is 458 g/mol. The molecular formula is C24H21F3N2O4. The minimum atomic E-state index is -4.83. The molecule has 1 aliphatic rings. The Kier molecular flexibility index (Phi) is 6.13. The van der Waals surface area contributed by atoms with Gasteiger partial charge in [-0.25, -0.2) is 0 Å². The molecule has 172 valence electrons. The van der Waals surface area contributed by atoms with Crippen molar-refractivity contribution in [3.05, 3.63) is 83.2 Å². The van der Waals surface area contributed by atoms with Crippen LogP contribution in [0.25, 0.3) is 0 Å². The first kappa shape index (κ1) is 22.4. The molecule has 0 saturated carbocycles. The Morgan fingerprint density at radius 2 is 1.88 bits per heavy atom. The highest BCUT2D eigenvalue weighted by Crippen LogP contribution is 2.44. The van der Waals surface area contributed by atoms with Gasteiger partial charge in [0.25, 0.3) is 5.91 Å². The van der Waals surface area contributed by atoms with E-state index in [1.54, 1.807) is 35.4 Å². The number of methoxy groups -OCH3 is 2. The second kappa shape index (κ2) is 9.01. The number of amides is 1. The van der Waals surface area contributed by atoms with Crippen molar-refractivity contribution in [3.8, 4) is 17.2 Å². The van der Waals surface area contributed by atoms with Gasteiger partial charge in [0.1, 0.15) is 17.2 Å². The summed E-state index contributed by atoms with van der Waals surface area (Å²) in [5.74, 6) is 0.401. The predicted octanol–water partition coefficient (Wildman–Crippen LogP) is 4.79. The summed E-state index contributed by atoms with van der Waals surface area (Å²) in [5, 5.41) is 0. The Bertz CT molecular complexity index is 1130. The van der Waals surface area contributed by atoms with E-state index >= 15 is 0 Å². The highest BCUT2D eigenvalue weighted by Gasteiger charge is 2.37. The van der Waals surface area contributed by atoms with Crippen LogP contribution in [0.3, 0.4) is 0 Å². The van der Waals surface area contributed by atoms with Crippen LogP contribution < -0.4 is 14.2 Å². The summed E-state index contributed by atoms with van der Waals surface area (Å²) in [6.07, 6.45) is -1.29. The van der Waals surface area contributed by atoms with Crippen molar-refractivity contribution >= 4 is 5.91 Å². The third-order valence-electron chi connectivity index (χ3n) is 5.44. The van der Waals surface area contributed by atoms with Crippen molar-refractivity contribution in [3.63, 3.8) is 0 Å². The topological polar surface area (TPSA) is 60.9 Å². The molecule has 1 atom stereocenters. The maximum absolute atomic E-state index is 13.4. The van der Waals surface area contributed by atoms with E-state index in [4.69, 9.17) is 9.47 Å². The highest BCUT2D eigenvalue weighted by atomic mass is 19.4. The molecule has 3 aromatic rings. The Balaban J connectivity index is 1.87. The molecular weight excluding hydrogens is 437 g/mol. The largest absolute Gasteiger partial charge is 0.573 e. The van der Waals surface area contributed by atoms with Crippen LogP contribution in [-0.4, -0.2) is 42.9 Å². The molecule has 0 bridgehead atoms. The zero-order valence-electron chi connectivity index (χ0n) is 17.9. The van der Waals surface area contributed by atoms with Crippen molar-refractivity contribution in [2.24, 2.45) is 0 Å². The second-order valence-corrected chi connectivity index (χ2v) is 7.42. The average Bonchev–Trinajstić information content (AvgIpc) is 2.81. The molecule has 4 rings (SSSR count). The first-order chi connectivity index (χ1) is 15.8. The lowest BCUT2D eigenvalue weighted by molar-refractivity contribution is -0.274. The van der Waals surface area contributed by atoms with Crippen molar-refractivity contribution in [2.75, 3.05) is 20.8 Å². The Morgan fingerprint density at radius 1 is 1.06 bits per heavy atom. The van der Waals surface area contributed by atoms with Crippen molar-refractivity contribution < 1.29 is 32.2 Å². The van der Waals surface area contributed by atoms with Crippen LogP contribution in [0.15, 0.2) is 60.9 Å². The first-order valence-corrected chi connectivity index (χ1v) is 10.1. The molecule has 1 unspecified atom stereocenters. The number of fused-ring (bicyclic) bond motifs is 1. The number of rotatable bonds is 5. The summed E-state index contributed by atoms with van der Waals surface area (Å²) in [7, 11) is 3.04. The van der Waals surface area contributed by atoms with Crippen molar-refractivity contribution in [1.29, 1.82) is 0 Å². The van der Waals surface area contributed by atoms with E-state index in [-0.39, 0.29) is 11.7 Å². The van der Waals surface area contributed by atoms with Crippen LogP contribution in [0.4, 0.5) is 13.2 Å². The normalized spacial score (nSPS) is 15.5. The Hall–Kier alpha value is -3.75. The van der Waals surface area contributed by atoms with E-state index in [9.17, 15) is 18.0 Å². The van der Waals surface area contributed by atoms with Gasteiger partial charge in [-0.1, -0.05) is 12.1 Å². The summed E-state index contributed by atoms with van der Waals surface area (Å²) in [5.41, 5.74) is 2.40. The quantitative estimate of drug-likeness (QED) is 0.551. The van der Waals surface area contributed by atoms with E-state index in [2.05, 4.69) is 9.72 Å². The van der Waals surface area contributed by atoms with Crippen LogP contribution in [0.2, 0.25) is 0 Å². The molecule has 33 heavy (non-hydrogen) atoms. The van der Waals surface area contributed by atoms with Crippen LogP contribution in [0.5, 0.6) is 17.2 Å². The molecule has 1 amide bonds. The number of benzene rings is 2. The molecule has 6 nitrogen and oxygen atoms in total. The Morgan fingerprint density at radius 3 is 2.55 bits per heavy atom. The molecule has 0 saturated heterocycles. The van der Waals surface area contributed by atoms with E-state index in [1.807, 2.05) is 6.07 Å². The average molecular weight is 458 g/mol. The van der Waals surface area contributed by atoms with Crippen LogP contribution in [-0.2, 0) is 6.42 Å². The highest BCUT2D eigenvalue weighted by molar-refractivity contribution is 5.94. The molecule has 0 fully saturated rings. The molecule has 9 heteroatoms. The first-order valence-electron chi connectivity index (χ1n) is 10.1. The van der Waals surface area contributed by atoms with Gasteiger partial charge in [0.15, 0.2) is 0 Å². The number of hydrogen-bond acceptors (Lipinski definition) is 5. The number of ether oxygens (including phenoxy) is 3. The SMILES string of the molecule is COc1cc2c(c(OC)c1)C(c1cccc(OC(F)(F)F)c1)N(C(=O)c1cccnc1)CC2. The van der Waals surface area contributed by atoms with E-state index < -0.39 is 12.4 Å². The van der Waals surface area contributed by atoms with Gasteiger partial charge in [0.2, 0.25) is 0 Å². The number of carbonyl (C=O) groups is 1. The van der Waals surface area contributed by atoms with Crippen molar-refractivity contribution in [1.82, 2.24) is 9.88 Å². The van der Waals surface area contributed by atoms with Gasteiger partial charge >= 0.3 is 6.36 Å². The van der Waals surface area contributed by atoms with Crippen LogP contribution >= 0.6 is 0 Å². The fourth-order valence-corrected chi connectivity index (χ4v) is 4.09. The van der Waals surface area contributed by atoms with Gasteiger partial charge in [-0.15, -0.1) is 13.2 Å². The zero-order valence-corrected chi connectivity index (χ0v) is 17.9. The zero-order chi connectivity index (χ0) is 23.6. The number of pyridine rings is 1. The predicted molar refractivity (Wildman–Crippen MR) is 113 cm³/mol. The minimum Gasteiger partial charge on any atom is -0.497 e. The minimum absolute atomic E-state index is 0.293. The number of alkyl halides is 3. The third-order valence-corrected chi connectivity index (χ3v) is 5.44. The van der Waals surface area contributed by atoms with Gasteiger partial charge in [-0.2, -0.15) is 0 Å². The molecule has 1 aromatic heterocycles. The summed E-state index contributed by atoms with van der Waals surface area (Å²) in [6.45, 7) is 0.339.